The van der Waals surface area contributed by atoms with Crippen molar-refractivity contribution in [1.29, 1.82) is 0 Å². The number of aromatic nitrogens is 2. The molecule has 4 nitrogen and oxygen atoms in total. The number of hydrogen-bond donors (Lipinski definition) is 1. The van der Waals surface area contributed by atoms with Gasteiger partial charge in [-0.15, -0.1) is 0 Å². The Kier molecular flexibility index (Phi) is 3.63. The van der Waals surface area contributed by atoms with Gasteiger partial charge in [-0.05, 0) is 42.8 Å². The number of aliphatic hydroxyl groups is 1. The highest BCUT2D eigenvalue weighted by molar-refractivity contribution is 9.10. The average molecular weight is 349 g/mol. The summed E-state index contributed by atoms with van der Waals surface area (Å²) in [6.07, 6.45) is 0.934. The molecule has 1 aromatic carbocycles. The van der Waals surface area contributed by atoms with Gasteiger partial charge in [-0.3, -0.25) is 4.68 Å². The summed E-state index contributed by atoms with van der Waals surface area (Å²) in [5.74, 6) is 0.729. The maximum Gasteiger partial charge on any atom is 0.134 e. The van der Waals surface area contributed by atoms with Crippen LogP contribution in [0.4, 0.5) is 0 Å². The molecule has 0 fully saturated rings. The number of benzene rings is 1. The normalized spacial score (nSPS) is 13.2. The van der Waals surface area contributed by atoms with Crippen LogP contribution in [0.3, 0.4) is 0 Å². The molecule has 0 radical (unpaired) electrons. The fraction of sp³-hybridized carbons (Fsp3) is 0.312. The number of furan rings is 1. The quantitative estimate of drug-likeness (QED) is 0.764. The molecule has 0 spiro atoms. The van der Waals surface area contributed by atoms with E-state index in [-0.39, 0.29) is 6.04 Å². The molecule has 0 bridgehead atoms. The topological polar surface area (TPSA) is 51.2 Å². The van der Waals surface area contributed by atoms with Crippen LogP contribution < -0.4 is 0 Å². The molecule has 1 N–H and O–H groups in total. The zero-order valence-electron chi connectivity index (χ0n) is 12.2. The Hall–Kier alpha value is -1.59. The first kappa shape index (κ1) is 14.4. The molecule has 0 saturated carbocycles. The van der Waals surface area contributed by atoms with Crippen LogP contribution in [0.5, 0.6) is 0 Å². The SMILES string of the molecule is Cc1oc2ccccc2c1C(O)c1c(Br)cnn1C(C)C. The monoisotopic (exact) mass is 348 g/mol. The van der Waals surface area contributed by atoms with E-state index in [4.69, 9.17) is 4.42 Å². The van der Waals surface area contributed by atoms with Crippen LogP contribution in [0.25, 0.3) is 11.0 Å². The van der Waals surface area contributed by atoms with E-state index in [0.717, 1.165) is 32.5 Å². The van der Waals surface area contributed by atoms with Gasteiger partial charge in [0, 0.05) is 17.0 Å². The van der Waals surface area contributed by atoms with Crippen LogP contribution in [0, 0.1) is 6.92 Å². The molecule has 1 atom stereocenters. The largest absolute Gasteiger partial charge is 0.461 e. The van der Waals surface area contributed by atoms with E-state index >= 15 is 0 Å². The fourth-order valence-electron chi connectivity index (χ4n) is 2.68. The third kappa shape index (κ3) is 2.30. The standard InChI is InChI=1S/C16H17BrN2O2/c1-9(2)19-15(12(17)8-18-19)16(20)14-10(3)21-13-7-5-4-6-11(13)14/h4-9,16,20H,1-3H3. The van der Waals surface area contributed by atoms with Crippen molar-refractivity contribution < 1.29 is 9.52 Å². The van der Waals surface area contributed by atoms with Gasteiger partial charge >= 0.3 is 0 Å². The molecule has 21 heavy (non-hydrogen) atoms. The smallest absolute Gasteiger partial charge is 0.134 e. The number of halogens is 1. The molecule has 3 rings (SSSR count). The summed E-state index contributed by atoms with van der Waals surface area (Å²) in [7, 11) is 0. The van der Waals surface area contributed by atoms with Gasteiger partial charge in [-0.1, -0.05) is 18.2 Å². The van der Waals surface area contributed by atoms with Crippen molar-refractivity contribution >= 4 is 26.9 Å². The van der Waals surface area contributed by atoms with Crippen molar-refractivity contribution in [1.82, 2.24) is 9.78 Å². The highest BCUT2D eigenvalue weighted by atomic mass is 79.9. The Morgan fingerprint density at radius 1 is 1.29 bits per heavy atom. The summed E-state index contributed by atoms with van der Waals surface area (Å²) in [6, 6.07) is 7.92. The van der Waals surface area contributed by atoms with E-state index in [1.807, 2.05) is 49.7 Å². The van der Waals surface area contributed by atoms with Crippen molar-refractivity contribution in [3.8, 4) is 0 Å². The van der Waals surface area contributed by atoms with E-state index < -0.39 is 6.10 Å². The number of nitrogens with zero attached hydrogens (tertiary/aromatic N) is 2. The van der Waals surface area contributed by atoms with E-state index in [1.165, 1.54) is 0 Å². The predicted octanol–water partition coefficient (Wildman–Crippen LogP) is 4.36. The molecule has 0 amide bonds. The number of para-hydroxylation sites is 1. The van der Waals surface area contributed by atoms with Gasteiger partial charge in [-0.25, -0.2) is 0 Å². The zero-order chi connectivity index (χ0) is 15.1. The Balaban J connectivity index is 2.19. The summed E-state index contributed by atoms with van der Waals surface area (Å²) in [4.78, 5) is 0. The van der Waals surface area contributed by atoms with Gasteiger partial charge in [0.1, 0.15) is 17.4 Å². The lowest BCUT2D eigenvalue weighted by atomic mass is 10.0. The molecular weight excluding hydrogens is 332 g/mol. The van der Waals surface area contributed by atoms with Gasteiger partial charge in [-0.2, -0.15) is 5.10 Å². The molecule has 3 aromatic rings. The summed E-state index contributed by atoms with van der Waals surface area (Å²) < 4.78 is 8.38. The molecule has 0 aliphatic rings. The Labute approximate surface area is 131 Å². The van der Waals surface area contributed by atoms with Gasteiger partial charge in [0.25, 0.3) is 0 Å². The minimum Gasteiger partial charge on any atom is -0.461 e. The maximum atomic E-state index is 10.9. The van der Waals surface area contributed by atoms with Crippen LogP contribution in [-0.2, 0) is 0 Å². The molecule has 0 aliphatic heterocycles. The van der Waals surface area contributed by atoms with Crippen molar-refractivity contribution in [2.45, 2.75) is 32.9 Å². The second kappa shape index (κ2) is 5.31. The minimum absolute atomic E-state index is 0.166. The maximum absolute atomic E-state index is 10.9. The minimum atomic E-state index is -0.784. The van der Waals surface area contributed by atoms with Gasteiger partial charge in [0.05, 0.1) is 16.4 Å². The summed E-state index contributed by atoms with van der Waals surface area (Å²) >= 11 is 3.49. The van der Waals surface area contributed by atoms with E-state index in [1.54, 1.807) is 6.20 Å². The summed E-state index contributed by atoms with van der Waals surface area (Å²) in [6.45, 7) is 5.95. The Bertz CT molecular complexity index is 789. The lowest BCUT2D eigenvalue weighted by Gasteiger charge is -2.16. The summed E-state index contributed by atoms with van der Waals surface area (Å²) in [5, 5.41) is 16.2. The third-order valence-electron chi connectivity index (χ3n) is 3.63. The molecule has 2 aromatic heterocycles. The number of rotatable bonds is 3. The first-order valence-corrected chi connectivity index (χ1v) is 7.69. The van der Waals surface area contributed by atoms with Crippen molar-refractivity contribution in [3.05, 3.63) is 52.0 Å². The number of hydrogen-bond acceptors (Lipinski definition) is 3. The molecule has 110 valence electrons. The van der Waals surface area contributed by atoms with E-state index in [9.17, 15) is 5.11 Å². The molecule has 1 unspecified atom stereocenters. The Morgan fingerprint density at radius 3 is 2.71 bits per heavy atom. The molecule has 0 aliphatic carbocycles. The van der Waals surface area contributed by atoms with Gasteiger partial charge in [0.15, 0.2) is 0 Å². The van der Waals surface area contributed by atoms with Crippen LogP contribution in [0.2, 0.25) is 0 Å². The lowest BCUT2D eigenvalue weighted by molar-refractivity contribution is 0.203. The number of fused-ring (bicyclic) bond motifs is 1. The van der Waals surface area contributed by atoms with Crippen LogP contribution in [-0.4, -0.2) is 14.9 Å². The third-order valence-corrected chi connectivity index (χ3v) is 4.24. The first-order chi connectivity index (χ1) is 10.0. The average Bonchev–Trinajstić information content (AvgIpc) is 2.97. The Morgan fingerprint density at radius 2 is 2.00 bits per heavy atom. The first-order valence-electron chi connectivity index (χ1n) is 6.89. The van der Waals surface area contributed by atoms with Gasteiger partial charge < -0.3 is 9.52 Å². The molecule has 2 heterocycles. The molecule has 5 heteroatoms. The van der Waals surface area contributed by atoms with Gasteiger partial charge in [0.2, 0.25) is 0 Å². The number of aliphatic hydroxyl groups excluding tert-OH is 1. The molecule has 0 saturated heterocycles. The zero-order valence-corrected chi connectivity index (χ0v) is 13.8. The van der Waals surface area contributed by atoms with Crippen LogP contribution >= 0.6 is 15.9 Å². The lowest BCUT2D eigenvalue weighted by Crippen LogP contribution is -2.13. The second-order valence-electron chi connectivity index (χ2n) is 5.39. The van der Waals surface area contributed by atoms with E-state index in [2.05, 4.69) is 21.0 Å². The number of aryl methyl sites for hydroxylation is 1. The fourth-order valence-corrected chi connectivity index (χ4v) is 3.17. The highest BCUT2D eigenvalue weighted by Gasteiger charge is 2.26. The van der Waals surface area contributed by atoms with Crippen molar-refractivity contribution in [2.75, 3.05) is 0 Å². The predicted molar refractivity (Wildman–Crippen MR) is 85.3 cm³/mol. The molecular formula is C16H17BrN2O2. The van der Waals surface area contributed by atoms with Crippen LogP contribution in [0.1, 0.15) is 43.0 Å². The van der Waals surface area contributed by atoms with Crippen molar-refractivity contribution in [3.63, 3.8) is 0 Å². The summed E-state index contributed by atoms with van der Waals surface area (Å²) in [5.41, 5.74) is 2.34. The van der Waals surface area contributed by atoms with Crippen LogP contribution in [0.15, 0.2) is 39.4 Å². The second-order valence-corrected chi connectivity index (χ2v) is 6.24. The highest BCUT2D eigenvalue weighted by Crippen LogP contribution is 2.37. The van der Waals surface area contributed by atoms with Crippen molar-refractivity contribution in [2.24, 2.45) is 0 Å². The van der Waals surface area contributed by atoms with E-state index in [0.29, 0.717) is 0 Å².